The van der Waals surface area contributed by atoms with E-state index in [1.54, 1.807) is 6.08 Å². The summed E-state index contributed by atoms with van der Waals surface area (Å²) < 4.78 is 43.3. The molecule has 2 aliphatic carbocycles. The first-order chi connectivity index (χ1) is 10.1. The molecule has 2 aliphatic rings. The minimum Gasteiger partial charge on any atom is -0.494 e. The van der Waals surface area contributed by atoms with E-state index in [-0.39, 0.29) is 6.42 Å². The van der Waals surface area contributed by atoms with Gasteiger partial charge in [0.1, 0.15) is 5.76 Å². The fourth-order valence-corrected chi connectivity index (χ4v) is 2.95. The van der Waals surface area contributed by atoms with Gasteiger partial charge >= 0.3 is 6.18 Å². The van der Waals surface area contributed by atoms with E-state index in [0.717, 1.165) is 24.8 Å². The van der Waals surface area contributed by atoms with E-state index < -0.39 is 11.7 Å². The van der Waals surface area contributed by atoms with Crippen LogP contribution < -0.4 is 0 Å². The third-order valence-corrected chi connectivity index (χ3v) is 4.20. The van der Waals surface area contributed by atoms with E-state index in [4.69, 9.17) is 4.74 Å². The van der Waals surface area contributed by atoms with Gasteiger partial charge in [-0.05, 0) is 37.3 Å². The first-order valence-electron chi connectivity index (χ1n) is 7.83. The molecular formula is C17H23F3O. The third-order valence-electron chi connectivity index (χ3n) is 4.20. The number of ether oxygens (including phenoxy) is 1. The molecule has 0 bridgehead atoms. The summed E-state index contributed by atoms with van der Waals surface area (Å²) in [6.07, 6.45) is 10.1. The van der Waals surface area contributed by atoms with E-state index in [1.165, 1.54) is 44.3 Å². The lowest BCUT2D eigenvalue weighted by molar-refractivity contribution is -0.0929. The van der Waals surface area contributed by atoms with Crippen molar-refractivity contribution < 1.29 is 17.9 Å². The fraction of sp³-hybridized carbons (Fsp3) is 0.647. The van der Waals surface area contributed by atoms with Crippen LogP contribution in [0.2, 0.25) is 0 Å². The smallest absolute Gasteiger partial charge is 0.412 e. The lowest BCUT2D eigenvalue weighted by atomic mass is 10.0. The molecule has 4 heteroatoms. The monoisotopic (exact) mass is 300 g/mol. The zero-order chi connectivity index (χ0) is 15.1. The topological polar surface area (TPSA) is 9.23 Å². The van der Waals surface area contributed by atoms with Gasteiger partial charge in [-0.1, -0.05) is 44.3 Å². The number of unbranched alkanes of at least 4 members (excludes halogenated alkanes) is 1. The maximum absolute atomic E-state index is 12.6. The summed E-state index contributed by atoms with van der Waals surface area (Å²) in [6, 6.07) is 0. The Hall–Kier alpha value is -1.19. The Balaban J connectivity index is 1.64. The van der Waals surface area contributed by atoms with Crippen LogP contribution in [0, 0.1) is 5.92 Å². The Labute approximate surface area is 124 Å². The normalized spacial score (nSPS) is 20.1. The zero-order valence-electron chi connectivity index (χ0n) is 12.3. The lowest BCUT2D eigenvalue weighted by Gasteiger charge is -2.10. The van der Waals surface area contributed by atoms with Crippen molar-refractivity contribution in [3.63, 3.8) is 0 Å². The Kier molecular flexibility index (Phi) is 5.95. The average molecular weight is 300 g/mol. The van der Waals surface area contributed by atoms with Crippen molar-refractivity contribution in [2.24, 2.45) is 5.92 Å². The predicted octanol–water partition coefficient (Wildman–Crippen LogP) is 5.70. The van der Waals surface area contributed by atoms with Crippen LogP contribution in [0.4, 0.5) is 13.2 Å². The van der Waals surface area contributed by atoms with Gasteiger partial charge in [-0.2, -0.15) is 13.2 Å². The second kappa shape index (κ2) is 7.71. The molecule has 0 atom stereocenters. The van der Waals surface area contributed by atoms with Gasteiger partial charge in [-0.3, -0.25) is 0 Å². The van der Waals surface area contributed by atoms with Crippen molar-refractivity contribution in [2.45, 2.75) is 57.5 Å². The molecular weight excluding hydrogens is 277 g/mol. The standard InChI is InChI=1S/C17H23F3O/c18-17(19,20)15-9-5-10-16(12-11-15)21-13-4-3-8-14-6-1-2-7-14/h5,9-10,12,14H,1-4,6-8,11,13H2. The SMILES string of the molecule is FC(F)(F)C1=CC=CC(OCCCCC2CCCC2)=CC1. The van der Waals surface area contributed by atoms with Crippen LogP contribution in [0.5, 0.6) is 0 Å². The molecule has 0 aromatic rings. The number of rotatable bonds is 6. The molecule has 1 nitrogen and oxygen atoms in total. The molecule has 0 heterocycles. The summed E-state index contributed by atoms with van der Waals surface area (Å²) in [5.74, 6) is 1.44. The summed E-state index contributed by atoms with van der Waals surface area (Å²) in [6.45, 7) is 0.588. The number of allylic oxidation sites excluding steroid dienone is 5. The molecule has 1 saturated carbocycles. The predicted molar refractivity (Wildman–Crippen MR) is 77.7 cm³/mol. The highest BCUT2D eigenvalue weighted by Gasteiger charge is 2.32. The van der Waals surface area contributed by atoms with Crippen LogP contribution in [0.3, 0.4) is 0 Å². The zero-order valence-corrected chi connectivity index (χ0v) is 12.3. The van der Waals surface area contributed by atoms with Crippen LogP contribution in [-0.2, 0) is 4.74 Å². The van der Waals surface area contributed by atoms with Crippen LogP contribution in [0.1, 0.15) is 51.4 Å². The molecule has 0 spiro atoms. The van der Waals surface area contributed by atoms with Crippen molar-refractivity contribution in [3.8, 4) is 0 Å². The third kappa shape index (κ3) is 5.60. The molecule has 118 valence electrons. The molecule has 0 saturated heterocycles. The Morgan fingerprint density at radius 1 is 1.14 bits per heavy atom. The molecule has 2 rings (SSSR count). The van der Waals surface area contributed by atoms with Gasteiger partial charge in [0.15, 0.2) is 0 Å². The molecule has 0 aromatic carbocycles. The number of alkyl halides is 3. The van der Waals surface area contributed by atoms with Gasteiger partial charge in [-0.15, -0.1) is 0 Å². The van der Waals surface area contributed by atoms with Crippen molar-refractivity contribution >= 4 is 0 Å². The van der Waals surface area contributed by atoms with Gasteiger partial charge in [0.05, 0.1) is 6.61 Å². The maximum atomic E-state index is 12.6. The van der Waals surface area contributed by atoms with Gasteiger partial charge in [0.2, 0.25) is 0 Å². The van der Waals surface area contributed by atoms with Crippen molar-refractivity contribution in [3.05, 3.63) is 35.6 Å². The number of hydrogen-bond acceptors (Lipinski definition) is 1. The minimum atomic E-state index is -4.25. The second-order valence-electron chi connectivity index (χ2n) is 5.85. The fourth-order valence-electron chi connectivity index (χ4n) is 2.95. The summed E-state index contributed by atoms with van der Waals surface area (Å²) in [7, 11) is 0. The molecule has 21 heavy (non-hydrogen) atoms. The van der Waals surface area contributed by atoms with Crippen molar-refractivity contribution in [1.82, 2.24) is 0 Å². The maximum Gasteiger partial charge on any atom is 0.412 e. The molecule has 0 aromatic heterocycles. The van der Waals surface area contributed by atoms with Crippen LogP contribution in [0.25, 0.3) is 0 Å². The summed E-state index contributed by atoms with van der Waals surface area (Å²) in [5.41, 5.74) is -0.529. The average Bonchev–Trinajstić information content (AvgIpc) is 2.81. The summed E-state index contributed by atoms with van der Waals surface area (Å²) >= 11 is 0. The summed E-state index contributed by atoms with van der Waals surface area (Å²) in [5, 5.41) is 0. The Morgan fingerprint density at radius 3 is 2.62 bits per heavy atom. The molecule has 0 unspecified atom stereocenters. The Morgan fingerprint density at radius 2 is 1.90 bits per heavy atom. The molecule has 0 N–H and O–H groups in total. The minimum absolute atomic E-state index is 0.117. The van der Waals surface area contributed by atoms with Crippen LogP contribution >= 0.6 is 0 Å². The largest absolute Gasteiger partial charge is 0.494 e. The quantitative estimate of drug-likeness (QED) is 0.572. The van der Waals surface area contributed by atoms with Crippen molar-refractivity contribution in [2.75, 3.05) is 6.61 Å². The highest BCUT2D eigenvalue weighted by atomic mass is 19.4. The van der Waals surface area contributed by atoms with E-state index in [2.05, 4.69) is 0 Å². The van der Waals surface area contributed by atoms with Gasteiger partial charge < -0.3 is 4.74 Å². The molecule has 1 fully saturated rings. The van der Waals surface area contributed by atoms with E-state index in [9.17, 15) is 13.2 Å². The van der Waals surface area contributed by atoms with Gasteiger partial charge in [0.25, 0.3) is 0 Å². The molecule has 0 amide bonds. The van der Waals surface area contributed by atoms with Gasteiger partial charge in [-0.25, -0.2) is 0 Å². The first kappa shape index (κ1) is 16.2. The highest BCUT2D eigenvalue weighted by Crippen LogP contribution is 2.30. The number of halogens is 3. The van der Waals surface area contributed by atoms with E-state index in [1.807, 2.05) is 0 Å². The lowest BCUT2D eigenvalue weighted by Crippen LogP contribution is -2.10. The second-order valence-corrected chi connectivity index (χ2v) is 5.85. The Bertz CT molecular complexity index is 412. The molecule has 0 aliphatic heterocycles. The molecule has 0 radical (unpaired) electrons. The van der Waals surface area contributed by atoms with E-state index >= 15 is 0 Å². The summed E-state index contributed by atoms with van der Waals surface area (Å²) in [4.78, 5) is 0. The van der Waals surface area contributed by atoms with Crippen LogP contribution in [0.15, 0.2) is 35.6 Å². The van der Waals surface area contributed by atoms with Gasteiger partial charge in [0, 0.05) is 5.57 Å². The van der Waals surface area contributed by atoms with Crippen LogP contribution in [-0.4, -0.2) is 12.8 Å². The first-order valence-corrected chi connectivity index (χ1v) is 7.83. The van der Waals surface area contributed by atoms with E-state index in [0.29, 0.717) is 12.4 Å². The van der Waals surface area contributed by atoms with Crippen molar-refractivity contribution in [1.29, 1.82) is 0 Å². The number of hydrogen-bond donors (Lipinski definition) is 0. The highest BCUT2D eigenvalue weighted by molar-refractivity contribution is 5.29.